The van der Waals surface area contributed by atoms with Gasteiger partial charge in [-0.05, 0) is 31.4 Å². The van der Waals surface area contributed by atoms with Gasteiger partial charge < -0.3 is 15.1 Å². The van der Waals surface area contributed by atoms with E-state index < -0.39 is 0 Å². The number of amides is 1. The van der Waals surface area contributed by atoms with Crippen LogP contribution in [0.5, 0.6) is 0 Å². The third kappa shape index (κ3) is 4.70. The molecular formula is C13H23ClN2O2. The maximum absolute atomic E-state index is 11.9. The van der Waals surface area contributed by atoms with Crippen LogP contribution in [0.4, 0.5) is 0 Å². The number of furan rings is 1. The van der Waals surface area contributed by atoms with Gasteiger partial charge in [0.15, 0.2) is 5.76 Å². The van der Waals surface area contributed by atoms with Crippen LogP contribution in [0.3, 0.4) is 0 Å². The summed E-state index contributed by atoms with van der Waals surface area (Å²) in [5, 5.41) is 0. The van der Waals surface area contributed by atoms with Gasteiger partial charge in [0, 0.05) is 19.6 Å². The van der Waals surface area contributed by atoms with Crippen LogP contribution in [0, 0.1) is 12.8 Å². The molecule has 1 rings (SSSR count). The monoisotopic (exact) mass is 274 g/mol. The molecule has 0 saturated heterocycles. The van der Waals surface area contributed by atoms with E-state index in [0.29, 0.717) is 18.2 Å². The molecule has 5 heteroatoms. The van der Waals surface area contributed by atoms with Crippen molar-refractivity contribution in [3.63, 3.8) is 0 Å². The first-order valence-corrected chi connectivity index (χ1v) is 5.99. The lowest BCUT2D eigenvalue weighted by Crippen LogP contribution is -2.34. The largest absolute Gasteiger partial charge is 0.456 e. The summed E-state index contributed by atoms with van der Waals surface area (Å²) in [5.41, 5.74) is 5.95. The van der Waals surface area contributed by atoms with E-state index in [0.717, 1.165) is 12.2 Å². The van der Waals surface area contributed by atoms with Gasteiger partial charge >= 0.3 is 0 Å². The van der Waals surface area contributed by atoms with Crippen molar-refractivity contribution in [2.75, 3.05) is 13.6 Å². The van der Waals surface area contributed by atoms with Gasteiger partial charge in [-0.3, -0.25) is 4.79 Å². The van der Waals surface area contributed by atoms with Crippen molar-refractivity contribution in [1.29, 1.82) is 0 Å². The molecule has 4 nitrogen and oxygen atoms in total. The number of aryl methyl sites for hydroxylation is 1. The van der Waals surface area contributed by atoms with Crippen LogP contribution in [-0.2, 0) is 0 Å². The van der Waals surface area contributed by atoms with Crippen molar-refractivity contribution in [1.82, 2.24) is 4.90 Å². The van der Waals surface area contributed by atoms with Gasteiger partial charge in [0.1, 0.15) is 5.76 Å². The zero-order valence-electron chi connectivity index (χ0n) is 11.5. The molecule has 0 aliphatic carbocycles. The average molecular weight is 275 g/mol. The molecular weight excluding hydrogens is 252 g/mol. The predicted octanol–water partition coefficient (Wildman–Crippen LogP) is 2.46. The van der Waals surface area contributed by atoms with Crippen molar-refractivity contribution in [2.45, 2.75) is 33.2 Å². The molecule has 0 fully saturated rings. The molecule has 2 N–H and O–H groups in total. The Morgan fingerprint density at radius 3 is 2.50 bits per heavy atom. The van der Waals surface area contributed by atoms with E-state index in [-0.39, 0.29) is 24.4 Å². The Bertz CT molecular complexity index is 377. The van der Waals surface area contributed by atoms with Crippen LogP contribution in [0.1, 0.15) is 36.6 Å². The summed E-state index contributed by atoms with van der Waals surface area (Å²) in [6.45, 7) is 6.65. The third-order valence-electron chi connectivity index (χ3n) is 2.95. The predicted molar refractivity (Wildman–Crippen MR) is 75.1 cm³/mol. The standard InChI is InChI=1S/C13H22N2O2.ClH/c1-9(2)11(14)7-8-15(4)13(16)12-6-5-10(3)17-12;/h5-6,9,11H,7-8,14H2,1-4H3;1H. The van der Waals surface area contributed by atoms with Crippen LogP contribution >= 0.6 is 12.4 Å². The molecule has 0 bridgehead atoms. The van der Waals surface area contributed by atoms with Crippen LogP contribution in [0.15, 0.2) is 16.5 Å². The molecule has 1 heterocycles. The quantitative estimate of drug-likeness (QED) is 0.897. The first-order valence-electron chi connectivity index (χ1n) is 5.99. The molecule has 1 amide bonds. The molecule has 0 aromatic carbocycles. The Labute approximate surface area is 115 Å². The summed E-state index contributed by atoms with van der Waals surface area (Å²) in [7, 11) is 1.77. The smallest absolute Gasteiger partial charge is 0.289 e. The average Bonchev–Trinajstić information content (AvgIpc) is 2.70. The summed E-state index contributed by atoms with van der Waals surface area (Å²) < 4.78 is 5.30. The van der Waals surface area contributed by atoms with E-state index in [1.54, 1.807) is 24.1 Å². The Kier molecular flexibility index (Phi) is 7.02. The molecule has 1 unspecified atom stereocenters. The van der Waals surface area contributed by atoms with Crippen LogP contribution in [0.25, 0.3) is 0 Å². The topological polar surface area (TPSA) is 59.5 Å². The molecule has 18 heavy (non-hydrogen) atoms. The fourth-order valence-electron chi connectivity index (χ4n) is 1.52. The number of nitrogens with zero attached hydrogens (tertiary/aromatic N) is 1. The highest BCUT2D eigenvalue weighted by atomic mass is 35.5. The highest BCUT2D eigenvalue weighted by Crippen LogP contribution is 2.10. The number of rotatable bonds is 5. The minimum Gasteiger partial charge on any atom is -0.456 e. The lowest BCUT2D eigenvalue weighted by atomic mass is 10.0. The zero-order chi connectivity index (χ0) is 13.0. The van der Waals surface area contributed by atoms with Crippen molar-refractivity contribution >= 4 is 18.3 Å². The summed E-state index contributed by atoms with van der Waals surface area (Å²) >= 11 is 0. The van der Waals surface area contributed by atoms with E-state index in [1.807, 2.05) is 6.92 Å². The maximum Gasteiger partial charge on any atom is 0.289 e. The molecule has 1 aromatic rings. The highest BCUT2D eigenvalue weighted by molar-refractivity contribution is 5.91. The molecule has 1 atom stereocenters. The summed E-state index contributed by atoms with van der Waals surface area (Å²) in [6.07, 6.45) is 0.805. The Morgan fingerprint density at radius 2 is 2.06 bits per heavy atom. The van der Waals surface area contributed by atoms with Crippen LogP contribution in [0.2, 0.25) is 0 Å². The SMILES string of the molecule is Cc1ccc(C(=O)N(C)CCC(N)C(C)C)o1.Cl. The fraction of sp³-hybridized carbons (Fsp3) is 0.615. The number of carbonyl (C=O) groups excluding carboxylic acids is 1. The zero-order valence-corrected chi connectivity index (χ0v) is 12.3. The minimum atomic E-state index is -0.0888. The van der Waals surface area contributed by atoms with Gasteiger partial charge in [0.05, 0.1) is 0 Å². The third-order valence-corrected chi connectivity index (χ3v) is 2.95. The highest BCUT2D eigenvalue weighted by Gasteiger charge is 2.16. The van der Waals surface area contributed by atoms with Gasteiger partial charge in [0.25, 0.3) is 5.91 Å². The minimum absolute atomic E-state index is 0. The van der Waals surface area contributed by atoms with Gasteiger partial charge in [-0.1, -0.05) is 13.8 Å². The summed E-state index contributed by atoms with van der Waals surface area (Å²) in [5.74, 6) is 1.49. The van der Waals surface area contributed by atoms with E-state index in [2.05, 4.69) is 13.8 Å². The van der Waals surface area contributed by atoms with E-state index in [9.17, 15) is 4.79 Å². The second-order valence-corrected chi connectivity index (χ2v) is 4.83. The molecule has 0 saturated carbocycles. The van der Waals surface area contributed by atoms with Crippen molar-refractivity contribution in [3.8, 4) is 0 Å². The number of halogens is 1. The Hall–Kier alpha value is -1.00. The Balaban J connectivity index is 0.00000289. The number of hydrogen-bond donors (Lipinski definition) is 1. The van der Waals surface area contributed by atoms with Crippen LogP contribution < -0.4 is 5.73 Å². The maximum atomic E-state index is 11.9. The fourth-order valence-corrected chi connectivity index (χ4v) is 1.52. The molecule has 0 radical (unpaired) electrons. The van der Waals surface area contributed by atoms with Gasteiger partial charge in [0.2, 0.25) is 0 Å². The number of carbonyl (C=O) groups is 1. The molecule has 0 spiro atoms. The lowest BCUT2D eigenvalue weighted by Gasteiger charge is -2.20. The van der Waals surface area contributed by atoms with Crippen molar-refractivity contribution in [3.05, 3.63) is 23.7 Å². The lowest BCUT2D eigenvalue weighted by molar-refractivity contribution is 0.0756. The van der Waals surface area contributed by atoms with Crippen molar-refractivity contribution < 1.29 is 9.21 Å². The van der Waals surface area contributed by atoms with Crippen molar-refractivity contribution in [2.24, 2.45) is 11.7 Å². The number of hydrogen-bond acceptors (Lipinski definition) is 3. The number of nitrogens with two attached hydrogens (primary N) is 1. The first-order chi connectivity index (χ1) is 7.91. The second-order valence-electron chi connectivity index (χ2n) is 4.83. The molecule has 1 aromatic heterocycles. The molecule has 0 aliphatic heterocycles. The summed E-state index contributed by atoms with van der Waals surface area (Å²) in [6, 6.07) is 3.63. The van der Waals surface area contributed by atoms with E-state index in [4.69, 9.17) is 10.2 Å². The Morgan fingerprint density at radius 1 is 1.44 bits per heavy atom. The molecule has 104 valence electrons. The molecule has 0 aliphatic rings. The second kappa shape index (κ2) is 7.44. The van der Waals surface area contributed by atoms with E-state index in [1.165, 1.54) is 0 Å². The normalized spacial score (nSPS) is 12.1. The van der Waals surface area contributed by atoms with Crippen LogP contribution in [-0.4, -0.2) is 30.4 Å². The van der Waals surface area contributed by atoms with Gasteiger partial charge in [-0.25, -0.2) is 0 Å². The first kappa shape index (κ1) is 17.0. The van der Waals surface area contributed by atoms with Gasteiger partial charge in [-0.15, -0.1) is 12.4 Å². The summed E-state index contributed by atoms with van der Waals surface area (Å²) in [4.78, 5) is 13.6. The van der Waals surface area contributed by atoms with E-state index >= 15 is 0 Å². The van der Waals surface area contributed by atoms with Gasteiger partial charge in [-0.2, -0.15) is 0 Å².